The van der Waals surface area contributed by atoms with Crippen molar-refractivity contribution in [3.8, 4) is 0 Å². The predicted molar refractivity (Wildman–Crippen MR) is 64.2 cm³/mol. The molecule has 0 radical (unpaired) electrons. The molecule has 2 nitrogen and oxygen atoms in total. The monoisotopic (exact) mass is 231 g/mol. The largest absolute Gasteiger partial charge is 0.342 e. The van der Waals surface area contributed by atoms with Gasteiger partial charge in [-0.05, 0) is 26.7 Å². The van der Waals surface area contributed by atoms with Gasteiger partial charge in [0, 0.05) is 19.0 Å². The Kier molecular flexibility index (Phi) is 4.91. The van der Waals surface area contributed by atoms with E-state index in [9.17, 15) is 4.79 Å². The first-order valence-electron chi connectivity index (χ1n) is 5.93. The summed E-state index contributed by atoms with van der Waals surface area (Å²) in [5, 5.41) is 0. The maximum absolute atomic E-state index is 12.2. The highest BCUT2D eigenvalue weighted by atomic mass is 35.5. The molecule has 0 aromatic heterocycles. The van der Waals surface area contributed by atoms with Crippen molar-refractivity contribution in [2.24, 2.45) is 5.41 Å². The van der Waals surface area contributed by atoms with Crippen LogP contribution in [-0.4, -0.2) is 29.8 Å². The van der Waals surface area contributed by atoms with Gasteiger partial charge < -0.3 is 4.90 Å². The SMILES string of the molecule is CC(C)(CCl)C(=O)N1CCCCCCC1. The van der Waals surface area contributed by atoms with E-state index >= 15 is 0 Å². The fourth-order valence-corrected chi connectivity index (χ4v) is 2.05. The van der Waals surface area contributed by atoms with Gasteiger partial charge in [0.15, 0.2) is 0 Å². The van der Waals surface area contributed by atoms with E-state index in [-0.39, 0.29) is 5.91 Å². The van der Waals surface area contributed by atoms with Crippen molar-refractivity contribution in [3.05, 3.63) is 0 Å². The number of carbonyl (C=O) groups excluding carboxylic acids is 1. The van der Waals surface area contributed by atoms with Crippen LogP contribution in [-0.2, 0) is 4.79 Å². The van der Waals surface area contributed by atoms with Crippen LogP contribution in [0, 0.1) is 5.41 Å². The Hall–Kier alpha value is -0.240. The molecule has 88 valence electrons. The van der Waals surface area contributed by atoms with Gasteiger partial charge in [-0.1, -0.05) is 19.3 Å². The molecule has 1 heterocycles. The van der Waals surface area contributed by atoms with Gasteiger partial charge >= 0.3 is 0 Å². The Morgan fingerprint density at radius 1 is 1.13 bits per heavy atom. The lowest BCUT2D eigenvalue weighted by molar-refractivity contribution is -0.139. The molecule has 0 bridgehead atoms. The first kappa shape index (κ1) is 12.8. The van der Waals surface area contributed by atoms with Crippen molar-refractivity contribution in [2.45, 2.75) is 46.0 Å². The fourth-order valence-electron chi connectivity index (χ4n) is 1.94. The van der Waals surface area contributed by atoms with Crippen LogP contribution in [0.25, 0.3) is 0 Å². The van der Waals surface area contributed by atoms with Gasteiger partial charge in [0.2, 0.25) is 5.91 Å². The van der Waals surface area contributed by atoms with Crippen LogP contribution in [0.15, 0.2) is 0 Å². The molecule has 1 fully saturated rings. The minimum atomic E-state index is -0.402. The Bertz CT molecular complexity index is 208. The molecule has 0 saturated carbocycles. The molecule has 0 N–H and O–H groups in total. The van der Waals surface area contributed by atoms with E-state index in [4.69, 9.17) is 11.6 Å². The molecule has 0 aliphatic carbocycles. The maximum atomic E-state index is 12.2. The first-order chi connectivity index (χ1) is 7.08. The Morgan fingerprint density at radius 3 is 2.07 bits per heavy atom. The number of hydrogen-bond acceptors (Lipinski definition) is 1. The third-order valence-corrected chi connectivity index (χ3v) is 3.72. The summed E-state index contributed by atoms with van der Waals surface area (Å²) in [5.41, 5.74) is -0.402. The standard InChI is InChI=1S/C12H22ClNO/c1-12(2,10-13)11(15)14-8-6-4-3-5-7-9-14/h3-10H2,1-2H3. The lowest BCUT2D eigenvalue weighted by atomic mass is 9.93. The molecule has 1 rings (SSSR count). The van der Waals surface area contributed by atoms with Crippen LogP contribution in [0.3, 0.4) is 0 Å². The van der Waals surface area contributed by atoms with Gasteiger partial charge in [0.05, 0.1) is 5.41 Å². The minimum Gasteiger partial charge on any atom is -0.342 e. The summed E-state index contributed by atoms with van der Waals surface area (Å²) >= 11 is 5.83. The van der Waals surface area contributed by atoms with E-state index in [1.165, 1.54) is 19.3 Å². The van der Waals surface area contributed by atoms with E-state index in [0.717, 1.165) is 25.9 Å². The summed E-state index contributed by atoms with van der Waals surface area (Å²) in [6.45, 7) is 5.69. The third kappa shape index (κ3) is 3.67. The van der Waals surface area contributed by atoms with Gasteiger partial charge in [-0.3, -0.25) is 4.79 Å². The molecule has 3 heteroatoms. The number of alkyl halides is 1. The molecule has 15 heavy (non-hydrogen) atoms. The molecular formula is C12H22ClNO. The lowest BCUT2D eigenvalue weighted by Crippen LogP contribution is -2.43. The number of hydrogen-bond donors (Lipinski definition) is 0. The van der Waals surface area contributed by atoms with Gasteiger partial charge in [-0.15, -0.1) is 11.6 Å². The predicted octanol–water partition coefficient (Wildman–Crippen LogP) is 3.04. The Labute approximate surface area is 98.0 Å². The minimum absolute atomic E-state index is 0.222. The second-order valence-corrected chi connectivity index (χ2v) is 5.34. The highest BCUT2D eigenvalue weighted by Crippen LogP contribution is 2.22. The van der Waals surface area contributed by atoms with Crippen molar-refractivity contribution in [1.29, 1.82) is 0 Å². The molecule has 1 amide bonds. The number of amides is 1. The zero-order chi connectivity index (χ0) is 11.3. The zero-order valence-electron chi connectivity index (χ0n) is 9.89. The number of nitrogens with zero attached hydrogens (tertiary/aromatic N) is 1. The quantitative estimate of drug-likeness (QED) is 0.669. The van der Waals surface area contributed by atoms with Gasteiger partial charge in [0.25, 0.3) is 0 Å². The van der Waals surface area contributed by atoms with E-state index in [1.807, 2.05) is 18.7 Å². The molecule has 1 saturated heterocycles. The van der Waals surface area contributed by atoms with E-state index in [0.29, 0.717) is 5.88 Å². The molecule has 0 unspecified atom stereocenters. The summed E-state index contributed by atoms with van der Waals surface area (Å²) in [7, 11) is 0. The van der Waals surface area contributed by atoms with Crippen LogP contribution in [0.2, 0.25) is 0 Å². The smallest absolute Gasteiger partial charge is 0.229 e. The van der Waals surface area contributed by atoms with Crippen molar-refractivity contribution < 1.29 is 4.79 Å². The topological polar surface area (TPSA) is 20.3 Å². The van der Waals surface area contributed by atoms with E-state index < -0.39 is 5.41 Å². The molecule has 0 atom stereocenters. The Morgan fingerprint density at radius 2 is 1.60 bits per heavy atom. The highest BCUT2D eigenvalue weighted by molar-refractivity contribution is 6.19. The summed E-state index contributed by atoms with van der Waals surface area (Å²) in [5.74, 6) is 0.627. The summed E-state index contributed by atoms with van der Waals surface area (Å²) < 4.78 is 0. The van der Waals surface area contributed by atoms with Crippen LogP contribution in [0.4, 0.5) is 0 Å². The molecule has 1 aliphatic rings. The number of rotatable bonds is 2. The molecular weight excluding hydrogens is 210 g/mol. The van der Waals surface area contributed by atoms with Gasteiger partial charge in [-0.25, -0.2) is 0 Å². The van der Waals surface area contributed by atoms with Crippen LogP contribution in [0.1, 0.15) is 46.0 Å². The van der Waals surface area contributed by atoms with Crippen molar-refractivity contribution in [3.63, 3.8) is 0 Å². The summed E-state index contributed by atoms with van der Waals surface area (Å²) in [4.78, 5) is 14.2. The number of carbonyl (C=O) groups is 1. The van der Waals surface area contributed by atoms with Crippen LogP contribution < -0.4 is 0 Å². The Balaban J connectivity index is 2.56. The third-order valence-electron chi connectivity index (χ3n) is 3.06. The normalized spacial score (nSPS) is 19.5. The lowest BCUT2D eigenvalue weighted by Gasteiger charge is -2.31. The summed E-state index contributed by atoms with van der Waals surface area (Å²) in [6, 6.07) is 0. The average Bonchev–Trinajstić information content (AvgIpc) is 2.16. The second kappa shape index (κ2) is 5.74. The average molecular weight is 232 g/mol. The zero-order valence-corrected chi connectivity index (χ0v) is 10.6. The molecule has 1 aliphatic heterocycles. The fraction of sp³-hybridized carbons (Fsp3) is 0.917. The summed E-state index contributed by atoms with van der Waals surface area (Å²) in [6.07, 6.45) is 6.12. The number of halogens is 1. The molecule has 0 aromatic carbocycles. The van der Waals surface area contributed by atoms with Gasteiger partial charge in [-0.2, -0.15) is 0 Å². The second-order valence-electron chi connectivity index (χ2n) is 5.08. The molecule has 0 spiro atoms. The van der Waals surface area contributed by atoms with E-state index in [1.54, 1.807) is 0 Å². The van der Waals surface area contributed by atoms with Crippen molar-refractivity contribution in [1.82, 2.24) is 4.90 Å². The van der Waals surface area contributed by atoms with E-state index in [2.05, 4.69) is 0 Å². The van der Waals surface area contributed by atoms with Crippen LogP contribution in [0.5, 0.6) is 0 Å². The van der Waals surface area contributed by atoms with Crippen molar-refractivity contribution >= 4 is 17.5 Å². The first-order valence-corrected chi connectivity index (χ1v) is 6.47. The molecule has 0 aromatic rings. The highest BCUT2D eigenvalue weighted by Gasteiger charge is 2.30. The maximum Gasteiger partial charge on any atom is 0.229 e. The number of likely N-dealkylation sites (tertiary alicyclic amines) is 1. The van der Waals surface area contributed by atoms with Crippen molar-refractivity contribution in [2.75, 3.05) is 19.0 Å². The van der Waals surface area contributed by atoms with Crippen LogP contribution >= 0.6 is 11.6 Å². The van der Waals surface area contributed by atoms with Gasteiger partial charge in [0.1, 0.15) is 0 Å².